The molecule has 110 valence electrons. The molecule has 2 aliphatic rings. The molecule has 0 aliphatic carbocycles. The van der Waals surface area contributed by atoms with Gasteiger partial charge < -0.3 is 19.7 Å². The van der Waals surface area contributed by atoms with Gasteiger partial charge in [-0.25, -0.2) is 0 Å². The highest BCUT2D eigenvalue weighted by molar-refractivity contribution is 5.44. The van der Waals surface area contributed by atoms with Crippen LogP contribution in [0.2, 0.25) is 0 Å². The minimum atomic E-state index is 0.345. The van der Waals surface area contributed by atoms with Crippen molar-refractivity contribution < 1.29 is 9.47 Å². The highest BCUT2D eigenvalue weighted by Gasteiger charge is 2.15. The number of rotatable bonds is 5. The van der Waals surface area contributed by atoms with Gasteiger partial charge in [0.15, 0.2) is 11.5 Å². The SMILES string of the molecule is CC(CN1CCCCC1)NCc1ccc2c(c1)OCO2. The van der Waals surface area contributed by atoms with Crippen molar-refractivity contribution in [3.63, 3.8) is 0 Å². The third-order valence-electron chi connectivity index (χ3n) is 4.07. The molecule has 1 aromatic carbocycles. The van der Waals surface area contributed by atoms with Crippen LogP contribution < -0.4 is 14.8 Å². The third kappa shape index (κ3) is 3.44. The average molecular weight is 276 g/mol. The zero-order valence-electron chi connectivity index (χ0n) is 12.2. The lowest BCUT2D eigenvalue weighted by Crippen LogP contribution is -2.41. The number of likely N-dealkylation sites (tertiary alicyclic amines) is 1. The predicted octanol–water partition coefficient (Wildman–Crippen LogP) is 2.38. The van der Waals surface area contributed by atoms with Gasteiger partial charge in [0, 0.05) is 19.1 Å². The van der Waals surface area contributed by atoms with Crippen LogP contribution in [0.15, 0.2) is 18.2 Å². The molecule has 1 N–H and O–H groups in total. The lowest BCUT2D eigenvalue weighted by atomic mass is 10.1. The molecule has 0 radical (unpaired) electrons. The molecule has 1 aromatic rings. The number of piperidine rings is 1. The summed E-state index contributed by atoms with van der Waals surface area (Å²) in [6.45, 7) is 7.15. The monoisotopic (exact) mass is 276 g/mol. The fraction of sp³-hybridized carbons (Fsp3) is 0.625. The summed E-state index contributed by atoms with van der Waals surface area (Å²) in [7, 11) is 0. The van der Waals surface area contributed by atoms with Gasteiger partial charge in [0.1, 0.15) is 0 Å². The van der Waals surface area contributed by atoms with E-state index in [-0.39, 0.29) is 0 Å². The maximum absolute atomic E-state index is 5.41. The van der Waals surface area contributed by atoms with E-state index in [1.54, 1.807) is 0 Å². The molecule has 1 atom stereocenters. The predicted molar refractivity (Wildman–Crippen MR) is 79.2 cm³/mol. The number of benzene rings is 1. The molecule has 0 aromatic heterocycles. The smallest absolute Gasteiger partial charge is 0.231 e. The zero-order chi connectivity index (χ0) is 13.8. The number of nitrogens with zero attached hydrogens (tertiary/aromatic N) is 1. The van der Waals surface area contributed by atoms with Crippen LogP contribution in [0, 0.1) is 0 Å². The normalized spacial score (nSPS) is 20.1. The van der Waals surface area contributed by atoms with Crippen LogP contribution in [0.3, 0.4) is 0 Å². The first-order chi connectivity index (χ1) is 9.81. The molecule has 3 rings (SSSR count). The number of fused-ring (bicyclic) bond motifs is 1. The van der Waals surface area contributed by atoms with Crippen LogP contribution in [-0.4, -0.2) is 37.4 Å². The Hall–Kier alpha value is -1.26. The summed E-state index contributed by atoms with van der Waals surface area (Å²) in [5.41, 5.74) is 1.25. The molecule has 20 heavy (non-hydrogen) atoms. The Morgan fingerprint density at radius 1 is 1.15 bits per heavy atom. The van der Waals surface area contributed by atoms with Gasteiger partial charge in [-0.1, -0.05) is 12.5 Å². The fourth-order valence-corrected chi connectivity index (χ4v) is 2.94. The summed E-state index contributed by atoms with van der Waals surface area (Å²) < 4.78 is 10.7. The Bertz CT molecular complexity index is 444. The molecule has 0 amide bonds. The summed E-state index contributed by atoms with van der Waals surface area (Å²) in [5.74, 6) is 1.73. The van der Waals surface area contributed by atoms with Crippen molar-refractivity contribution in [2.45, 2.75) is 38.8 Å². The number of ether oxygens (including phenoxy) is 2. The van der Waals surface area contributed by atoms with Crippen LogP contribution >= 0.6 is 0 Å². The summed E-state index contributed by atoms with van der Waals surface area (Å²) in [5, 5.41) is 3.60. The maximum Gasteiger partial charge on any atom is 0.231 e. The second kappa shape index (κ2) is 6.46. The fourth-order valence-electron chi connectivity index (χ4n) is 2.94. The topological polar surface area (TPSA) is 33.7 Å². The van der Waals surface area contributed by atoms with E-state index in [0.29, 0.717) is 12.8 Å². The molecule has 0 saturated carbocycles. The highest BCUT2D eigenvalue weighted by atomic mass is 16.7. The molecule has 1 unspecified atom stereocenters. The third-order valence-corrected chi connectivity index (χ3v) is 4.07. The summed E-state index contributed by atoms with van der Waals surface area (Å²) in [6.07, 6.45) is 4.11. The molecule has 4 nitrogen and oxygen atoms in total. The second-order valence-corrected chi connectivity index (χ2v) is 5.83. The van der Waals surface area contributed by atoms with Crippen LogP contribution in [-0.2, 0) is 6.54 Å². The Balaban J connectivity index is 1.46. The van der Waals surface area contributed by atoms with E-state index < -0.39 is 0 Å². The standard InChI is InChI=1S/C16H24N2O2/c1-13(11-18-7-3-2-4-8-18)17-10-14-5-6-15-16(9-14)20-12-19-15/h5-6,9,13,17H,2-4,7-8,10-12H2,1H3. The van der Waals surface area contributed by atoms with Gasteiger partial charge in [0.2, 0.25) is 6.79 Å². The van der Waals surface area contributed by atoms with Crippen molar-refractivity contribution in [3.05, 3.63) is 23.8 Å². The van der Waals surface area contributed by atoms with Gasteiger partial charge >= 0.3 is 0 Å². The number of hydrogen-bond acceptors (Lipinski definition) is 4. The summed E-state index contributed by atoms with van der Waals surface area (Å²) in [4.78, 5) is 2.57. The van der Waals surface area contributed by atoms with Gasteiger partial charge in [-0.15, -0.1) is 0 Å². The largest absolute Gasteiger partial charge is 0.454 e. The van der Waals surface area contributed by atoms with Crippen molar-refractivity contribution in [2.75, 3.05) is 26.4 Å². The molecule has 4 heteroatoms. The Kier molecular flexibility index (Phi) is 4.43. The molecular formula is C16H24N2O2. The van der Waals surface area contributed by atoms with Crippen LogP contribution in [0.4, 0.5) is 0 Å². The maximum atomic E-state index is 5.41. The first kappa shape index (κ1) is 13.7. The first-order valence-electron chi connectivity index (χ1n) is 7.65. The van der Waals surface area contributed by atoms with Gasteiger partial charge in [-0.05, 0) is 50.6 Å². The van der Waals surface area contributed by atoms with Crippen LogP contribution in [0.25, 0.3) is 0 Å². The van der Waals surface area contributed by atoms with Crippen LogP contribution in [0.1, 0.15) is 31.7 Å². The van der Waals surface area contributed by atoms with E-state index in [0.717, 1.165) is 24.6 Å². The number of hydrogen-bond donors (Lipinski definition) is 1. The first-order valence-corrected chi connectivity index (χ1v) is 7.65. The minimum Gasteiger partial charge on any atom is -0.454 e. The molecule has 2 heterocycles. The summed E-state index contributed by atoms with van der Waals surface area (Å²) >= 11 is 0. The van der Waals surface area contributed by atoms with Crippen molar-refractivity contribution in [2.24, 2.45) is 0 Å². The van der Waals surface area contributed by atoms with E-state index in [4.69, 9.17) is 9.47 Å². The average Bonchev–Trinajstić information content (AvgIpc) is 2.93. The quantitative estimate of drug-likeness (QED) is 0.895. The van der Waals surface area contributed by atoms with Gasteiger partial charge in [0.05, 0.1) is 0 Å². The molecule has 1 saturated heterocycles. The molecule has 0 bridgehead atoms. The van der Waals surface area contributed by atoms with Gasteiger partial charge in [0.25, 0.3) is 0 Å². The van der Waals surface area contributed by atoms with Crippen molar-refractivity contribution >= 4 is 0 Å². The minimum absolute atomic E-state index is 0.345. The molecule has 2 aliphatic heterocycles. The van der Waals surface area contributed by atoms with E-state index >= 15 is 0 Å². The lowest BCUT2D eigenvalue weighted by Gasteiger charge is -2.29. The molecule has 1 fully saturated rings. The Labute approximate surface area is 121 Å². The Morgan fingerprint density at radius 3 is 2.80 bits per heavy atom. The highest BCUT2D eigenvalue weighted by Crippen LogP contribution is 2.32. The zero-order valence-corrected chi connectivity index (χ0v) is 12.2. The van der Waals surface area contributed by atoms with Crippen LogP contribution in [0.5, 0.6) is 11.5 Å². The van der Waals surface area contributed by atoms with E-state index in [1.807, 2.05) is 6.07 Å². The van der Waals surface area contributed by atoms with Crippen molar-refractivity contribution in [1.29, 1.82) is 0 Å². The van der Waals surface area contributed by atoms with E-state index in [1.165, 1.54) is 37.9 Å². The van der Waals surface area contributed by atoms with E-state index in [2.05, 4.69) is 29.3 Å². The number of nitrogens with one attached hydrogen (secondary N) is 1. The molecular weight excluding hydrogens is 252 g/mol. The van der Waals surface area contributed by atoms with Gasteiger partial charge in [-0.2, -0.15) is 0 Å². The second-order valence-electron chi connectivity index (χ2n) is 5.83. The van der Waals surface area contributed by atoms with E-state index in [9.17, 15) is 0 Å². The van der Waals surface area contributed by atoms with Crippen molar-refractivity contribution in [1.82, 2.24) is 10.2 Å². The summed E-state index contributed by atoms with van der Waals surface area (Å²) in [6, 6.07) is 6.68. The van der Waals surface area contributed by atoms with Crippen molar-refractivity contribution in [3.8, 4) is 11.5 Å². The van der Waals surface area contributed by atoms with Gasteiger partial charge in [-0.3, -0.25) is 0 Å². The molecule has 0 spiro atoms. The Morgan fingerprint density at radius 2 is 1.95 bits per heavy atom. The lowest BCUT2D eigenvalue weighted by molar-refractivity contribution is 0.174.